The molecule has 2 heterocycles. The number of esters is 1. The van der Waals surface area contributed by atoms with E-state index in [0.717, 1.165) is 48.6 Å². The minimum Gasteiger partial charge on any atom is -0.511 e. The number of thioether (sulfide) groups is 1. The first-order valence-electron chi connectivity index (χ1n) is 12.1. The van der Waals surface area contributed by atoms with Gasteiger partial charge in [0.05, 0.1) is 12.1 Å². The Bertz CT molecular complexity index is 1270. The second kappa shape index (κ2) is 10.6. The normalized spacial score (nSPS) is 20.6. The fourth-order valence-corrected chi connectivity index (χ4v) is 6.21. The van der Waals surface area contributed by atoms with Crippen molar-refractivity contribution in [3.8, 4) is 17.1 Å². The van der Waals surface area contributed by atoms with Gasteiger partial charge in [0.25, 0.3) is 0 Å². The summed E-state index contributed by atoms with van der Waals surface area (Å²) in [4.78, 5) is 17.9. The first-order chi connectivity index (χ1) is 17.5. The van der Waals surface area contributed by atoms with Crippen LogP contribution >= 0.6 is 23.4 Å². The van der Waals surface area contributed by atoms with Crippen LogP contribution in [0.25, 0.3) is 11.4 Å². The highest BCUT2D eigenvalue weighted by Crippen LogP contribution is 2.47. The molecular weight excluding hydrogens is 498 g/mol. The number of carbonyl (C=O) groups excluding carboxylic acids is 1. The van der Waals surface area contributed by atoms with Crippen LogP contribution in [0.15, 0.2) is 64.4 Å². The van der Waals surface area contributed by atoms with Crippen molar-refractivity contribution in [3.63, 3.8) is 0 Å². The van der Waals surface area contributed by atoms with E-state index in [-0.39, 0.29) is 23.0 Å². The maximum atomic E-state index is 13.2. The number of carbonyl (C=O) groups is 1. The largest absolute Gasteiger partial charge is 0.511 e. The molecule has 1 aliphatic heterocycles. The van der Waals surface area contributed by atoms with E-state index in [2.05, 4.69) is 15.2 Å². The van der Waals surface area contributed by atoms with Crippen molar-refractivity contribution in [2.45, 2.75) is 55.7 Å². The number of hydrogen-bond acceptors (Lipinski definition) is 7. The number of aryl methyl sites for hydroxylation is 1. The highest BCUT2D eigenvalue weighted by atomic mass is 35.5. The van der Waals surface area contributed by atoms with E-state index in [4.69, 9.17) is 21.1 Å². The number of hydrogen-bond donors (Lipinski definition) is 2. The number of methoxy groups -OCH3 is 1. The molecule has 188 valence electrons. The highest BCUT2D eigenvalue weighted by molar-refractivity contribution is 8.03. The summed E-state index contributed by atoms with van der Waals surface area (Å²) in [5, 5.41) is 19.1. The van der Waals surface area contributed by atoms with Gasteiger partial charge in [-0.1, -0.05) is 60.8 Å². The van der Waals surface area contributed by atoms with Gasteiger partial charge in [0.1, 0.15) is 22.0 Å². The predicted octanol–water partition coefficient (Wildman–Crippen LogP) is 6.50. The molecule has 2 aliphatic rings. The summed E-state index contributed by atoms with van der Waals surface area (Å²) in [6, 6.07) is 15.3. The van der Waals surface area contributed by atoms with Crippen LogP contribution in [-0.2, 0) is 16.0 Å². The van der Waals surface area contributed by atoms with Crippen LogP contribution in [0.5, 0.6) is 5.75 Å². The predicted molar refractivity (Wildman–Crippen MR) is 139 cm³/mol. The fraction of sp³-hybridized carbons (Fsp3) is 0.370. The zero-order valence-electron chi connectivity index (χ0n) is 20.0. The van der Waals surface area contributed by atoms with E-state index in [0.29, 0.717) is 34.6 Å². The van der Waals surface area contributed by atoms with Gasteiger partial charge in [-0.15, -0.1) is 5.10 Å². The molecule has 1 aromatic heterocycles. The van der Waals surface area contributed by atoms with Crippen molar-refractivity contribution >= 4 is 29.3 Å². The quantitative estimate of drug-likeness (QED) is 0.324. The molecule has 0 spiro atoms. The van der Waals surface area contributed by atoms with Gasteiger partial charge in [0.2, 0.25) is 5.16 Å². The van der Waals surface area contributed by atoms with Gasteiger partial charge >= 0.3 is 5.97 Å². The summed E-state index contributed by atoms with van der Waals surface area (Å²) in [5.41, 5.74) is 1.18. The average molecular weight is 526 g/mol. The van der Waals surface area contributed by atoms with Gasteiger partial charge in [-0.05, 0) is 61.1 Å². The first-order valence-corrected chi connectivity index (χ1v) is 13.3. The number of aliphatic hydroxyl groups is 1. The van der Waals surface area contributed by atoms with Gasteiger partial charge in [0, 0.05) is 12.0 Å². The third-order valence-corrected chi connectivity index (χ3v) is 8.33. The summed E-state index contributed by atoms with van der Waals surface area (Å²) in [6.07, 6.45) is 5.72. The Kier molecular flexibility index (Phi) is 7.25. The molecule has 0 radical (unpaired) electrons. The Labute approximate surface area is 219 Å². The fourth-order valence-electron chi connectivity index (χ4n) is 5.20. The van der Waals surface area contributed by atoms with E-state index in [1.807, 2.05) is 48.5 Å². The lowest BCUT2D eigenvalue weighted by Crippen LogP contribution is -2.45. The smallest absolute Gasteiger partial charge is 0.349 e. The molecule has 1 aliphatic carbocycles. The number of aromatic amines is 1. The number of rotatable bonds is 8. The maximum Gasteiger partial charge on any atom is 0.349 e. The van der Waals surface area contributed by atoms with Crippen molar-refractivity contribution in [1.29, 1.82) is 0 Å². The molecule has 9 heteroatoms. The Morgan fingerprint density at radius 3 is 2.69 bits per heavy atom. The molecular formula is C27H28ClN3O4S. The SMILES string of the molecule is COc1ccc(CCC2(C3CCCC3)CC(O)=C(Sc3n[nH]c(-c4ccccc4)n3)C(=O)O2)cc1Cl. The number of aliphatic hydroxyl groups excluding tert-OH is 1. The van der Waals surface area contributed by atoms with Gasteiger partial charge in [-0.25, -0.2) is 9.78 Å². The Morgan fingerprint density at radius 1 is 1.22 bits per heavy atom. The van der Waals surface area contributed by atoms with Crippen LogP contribution in [0.1, 0.15) is 44.1 Å². The summed E-state index contributed by atoms with van der Waals surface area (Å²) >= 11 is 7.35. The third kappa shape index (κ3) is 5.11. The zero-order valence-corrected chi connectivity index (χ0v) is 21.6. The Morgan fingerprint density at radius 2 is 2.00 bits per heavy atom. The molecule has 5 rings (SSSR count). The maximum absolute atomic E-state index is 13.2. The molecule has 0 amide bonds. The average Bonchev–Trinajstić information content (AvgIpc) is 3.59. The first kappa shape index (κ1) is 24.7. The van der Waals surface area contributed by atoms with Crippen molar-refractivity contribution < 1.29 is 19.4 Å². The molecule has 1 fully saturated rings. The topological polar surface area (TPSA) is 97.3 Å². The lowest BCUT2D eigenvalue weighted by atomic mass is 9.77. The molecule has 1 atom stereocenters. The van der Waals surface area contributed by atoms with Crippen LogP contribution in [-0.4, -0.2) is 39.0 Å². The van der Waals surface area contributed by atoms with Crippen molar-refractivity contribution in [1.82, 2.24) is 15.2 Å². The number of H-pyrrole nitrogens is 1. The van der Waals surface area contributed by atoms with E-state index in [9.17, 15) is 9.90 Å². The third-order valence-electron chi connectivity index (χ3n) is 7.07. The molecule has 1 unspecified atom stereocenters. The van der Waals surface area contributed by atoms with Crippen LogP contribution in [0, 0.1) is 5.92 Å². The minimum atomic E-state index is -0.748. The second-order valence-electron chi connectivity index (χ2n) is 9.29. The summed E-state index contributed by atoms with van der Waals surface area (Å²) in [6.45, 7) is 0. The minimum absolute atomic E-state index is 0.0435. The Hall–Kier alpha value is -2.97. The second-order valence-corrected chi connectivity index (χ2v) is 10.7. The number of cyclic esters (lactones) is 1. The van der Waals surface area contributed by atoms with Gasteiger partial charge < -0.3 is 14.6 Å². The van der Waals surface area contributed by atoms with Crippen LogP contribution < -0.4 is 4.74 Å². The number of halogens is 1. The number of nitrogens with one attached hydrogen (secondary N) is 1. The zero-order chi connectivity index (χ0) is 25.1. The van der Waals surface area contributed by atoms with Crippen LogP contribution in [0.3, 0.4) is 0 Å². The van der Waals surface area contributed by atoms with Gasteiger partial charge in [-0.2, -0.15) is 0 Å². The monoisotopic (exact) mass is 525 g/mol. The summed E-state index contributed by atoms with van der Waals surface area (Å²) in [7, 11) is 1.59. The van der Waals surface area contributed by atoms with E-state index in [1.165, 1.54) is 0 Å². The molecule has 7 nitrogen and oxygen atoms in total. The molecule has 1 saturated carbocycles. The van der Waals surface area contributed by atoms with E-state index in [1.54, 1.807) is 7.11 Å². The van der Waals surface area contributed by atoms with Crippen LogP contribution in [0.4, 0.5) is 0 Å². The van der Waals surface area contributed by atoms with Crippen molar-refractivity contribution in [3.05, 3.63) is 69.8 Å². The molecule has 36 heavy (non-hydrogen) atoms. The molecule has 0 bridgehead atoms. The molecule has 3 aromatic rings. The van der Waals surface area contributed by atoms with Crippen LogP contribution in [0.2, 0.25) is 5.02 Å². The van der Waals surface area contributed by atoms with Gasteiger partial charge in [0.15, 0.2) is 5.82 Å². The lowest BCUT2D eigenvalue weighted by Gasteiger charge is -2.41. The highest BCUT2D eigenvalue weighted by Gasteiger charge is 2.48. The number of benzene rings is 2. The molecule has 2 aromatic carbocycles. The molecule has 2 N–H and O–H groups in total. The summed E-state index contributed by atoms with van der Waals surface area (Å²) in [5.74, 6) is 0.953. The Balaban J connectivity index is 1.36. The number of nitrogens with zero attached hydrogens (tertiary/aromatic N) is 2. The molecule has 0 saturated heterocycles. The van der Waals surface area contributed by atoms with E-state index >= 15 is 0 Å². The van der Waals surface area contributed by atoms with Crippen molar-refractivity contribution in [2.75, 3.05) is 7.11 Å². The standard InChI is InChI=1S/C27H28ClN3O4S/c1-34-22-12-11-17(15-20(22)28)13-14-27(19-9-5-6-10-19)16-21(32)23(25(33)35-27)36-26-29-24(30-31-26)18-7-3-2-4-8-18/h2-4,7-8,11-12,15,19,32H,5-6,9-10,13-14,16H2,1H3,(H,29,30,31). The summed E-state index contributed by atoms with van der Waals surface area (Å²) < 4.78 is 11.5. The number of ether oxygens (including phenoxy) is 2. The van der Waals surface area contributed by atoms with E-state index < -0.39 is 11.6 Å². The van der Waals surface area contributed by atoms with Crippen molar-refractivity contribution in [2.24, 2.45) is 5.92 Å². The number of aromatic nitrogens is 3. The van der Waals surface area contributed by atoms with Gasteiger partial charge in [-0.3, -0.25) is 5.10 Å². The lowest BCUT2D eigenvalue weighted by molar-refractivity contribution is -0.166.